The number of likely N-dealkylation sites (tertiary alicyclic amines) is 1. The van der Waals surface area contributed by atoms with Crippen molar-refractivity contribution in [2.75, 3.05) is 33.8 Å². The molecule has 1 saturated heterocycles. The maximum absolute atomic E-state index is 5.59. The lowest BCUT2D eigenvalue weighted by molar-refractivity contribution is 0.0154. The molecule has 3 nitrogen and oxygen atoms in total. The minimum Gasteiger partial charge on any atom is -0.380 e. The predicted molar refractivity (Wildman–Crippen MR) is 62.0 cm³/mol. The summed E-state index contributed by atoms with van der Waals surface area (Å²) in [6.07, 6.45) is 5.94. The van der Waals surface area contributed by atoms with Crippen molar-refractivity contribution in [3.8, 4) is 0 Å². The number of rotatable bonds is 5. The standard InChI is InChI=1S/C12H24N2O/c1-13-8-12(15-2)10-4-3-7-14(9-10)11-5-6-11/h10-13H,3-9H2,1-2H3. The van der Waals surface area contributed by atoms with Crippen LogP contribution in [0.25, 0.3) is 0 Å². The Bertz CT molecular complexity index is 194. The van der Waals surface area contributed by atoms with Crippen LogP contribution in [0, 0.1) is 5.92 Å². The molecule has 3 heteroatoms. The minimum atomic E-state index is 0.400. The zero-order valence-electron chi connectivity index (χ0n) is 10.0. The van der Waals surface area contributed by atoms with Crippen LogP contribution in [0.15, 0.2) is 0 Å². The van der Waals surface area contributed by atoms with Crippen LogP contribution in [0.2, 0.25) is 0 Å². The Morgan fingerprint density at radius 1 is 1.40 bits per heavy atom. The first-order valence-corrected chi connectivity index (χ1v) is 6.26. The fourth-order valence-corrected chi connectivity index (χ4v) is 2.76. The number of hydrogen-bond acceptors (Lipinski definition) is 3. The van der Waals surface area contributed by atoms with Gasteiger partial charge in [-0.05, 0) is 45.2 Å². The van der Waals surface area contributed by atoms with Crippen molar-refractivity contribution in [2.45, 2.75) is 37.8 Å². The Morgan fingerprint density at radius 3 is 2.80 bits per heavy atom. The highest BCUT2D eigenvalue weighted by molar-refractivity contribution is 4.89. The number of likely N-dealkylation sites (N-methyl/N-ethyl adjacent to an activating group) is 1. The molecule has 0 spiro atoms. The van der Waals surface area contributed by atoms with Gasteiger partial charge in [0, 0.05) is 26.2 Å². The third-order valence-corrected chi connectivity index (χ3v) is 3.79. The van der Waals surface area contributed by atoms with Crippen molar-refractivity contribution in [3.63, 3.8) is 0 Å². The highest BCUT2D eigenvalue weighted by Crippen LogP contribution is 2.32. The van der Waals surface area contributed by atoms with E-state index >= 15 is 0 Å². The van der Waals surface area contributed by atoms with Crippen LogP contribution < -0.4 is 5.32 Å². The summed E-state index contributed by atoms with van der Waals surface area (Å²) in [4.78, 5) is 2.68. The zero-order chi connectivity index (χ0) is 10.7. The summed E-state index contributed by atoms with van der Waals surface area (Å²) in [6, 6.07) is 0.917. The second kappa shape index (κ2) is 5.28. The molecular weight excluding hydrogens is 188 g/mol. The van der Waals surface area contributed by atoms with Gasteiger partial charge in [-0.2, -0.15) is 0 Å². The molecule has 1 heterocycles. The molecule has 0 aromatic rings. The maximum Gasteiger partial charge on any atom is 0.0735 e. The van der Waals surface area contributed by atoms with Crippen LogP contribution in [0.4, 0.5) is 0 Å². The molecule has 2 atom stereocenters. The number of hydrogen-bond donors (Lipinski definition) is 1. The topological polar surface area (TPSA) is 24.5 Å². The van der Waals surface area contributed by atoms with E-state index < -0.39 is 0 Å². The molecule has 0 aromatic heterocycles. The Labute approximate surface area is 93.2 Å². The van der Waals surface area contributed by atoms with Gasteiger partial charge in [0.2, 0.25) is 0 Å². The van der Waals surface area contributed by atoms with E-state index in [9.17, 15) is 0 Å². The molecule has 0 amide bonds. The van der Waals surface area contributed by atoms with E-state index in [1.54, 1.807) is 0 Å². The summed E-state index contributed by atoms with van der Waals surface area (Å²) in [7, 11) is 3.85. The Balaban J connectivity index is 1.84. The Kier molecular flexibility index (Phi) is 4.00. The number of methoxy groups -OCH3 is 1. The van der Waals surface area contributed by atoms with Crippen molar-refractivity contribution in [3.05, 3.63) is 0 Å². The van der Waals surface area contributed by atoms with Crippen LogP contribution in [-0.2, 0) is 4.74 Å². The maximum atomic E-state index is 5.59. The van der Waals surface area contributed by atoms with E-state index in [4.69, 9.17) is 4.74 Å². The molecule has 2 fully saturated rings. The molecule has 0 radical (unpaired) electrons. The summed E-state index contributed by atoms with van der Waals surface area (Å²) in [6.45, 7) is 3.56. The molecule has 1 aliphatic heterocycles. The molecule has 1 aliphatic carbocycles. The summed E-state index contributed by atoms with van der Waals surface area (Å²) in [5, 5.41) is 3.23. The zero-order valence-corrected chi connectivity index (χ0v) is 10.0. The number of ether oxygens (including phenoxy) is 1. The van der Waals surface area contributed by atoms with Crippen LogP contribution in [0.3, 0.4) is 0 Å². The van der Waals surface area contributed by atoms with Gasteiger partial charge in [0.15, 0.2) is 0 Å². The second-order valence-corrected chi connectivity index (χ2v) is 4.96. The molecule has 0 bridgehead atoms. The van der Waals surface area contributed by atoms with Crippen LogP contribution in [0.1, 0.15) is 25.7 Å². The van der Waals surface area contributed by atoms with E-state index in [1.807, 2.05) is 14.2 Å². The van der Waals surface area contributed by atoms with Crippen molar-refractivity contribution in [1.82, 2.24) is 10.2 Å². The van der Waals surface area contributed by atoms with Crippen LogP contribution in [-0.4, -0.2) is 50.8 Å². The second-order valence-electron chi connectivity index (χ2n) is 4.96. The van der Waals surface area contributed by atoms with Crippen LogP contribution >= 0.6 is 0 Å². The SMILES string of the molecule is CNCC(OC)C1CCCN(C2CC2)C1. The predicted octanol–water partition coefficient (Wildman–Crippen LogP) is 1.10. The normalized spacial score (nSPS) is 30.4. The fourth-order valence-electron chi connectivity index (χ4n) is 2.76. The van der Waals surface area contributed by atoms with Gasteiger partial charge < -0.3 is 15.0 Å². The molecule has 2 unspecified atom stereocenters. The van der Waals surface area contributed by atoms with E-state index in [0.29, 0.717) is 6.10 Å². The third kappa shape index (κ3) is 2.92. The quantitative estimate of drug-likeness (QED) is 0.738. The lowest BCUT2D eigenvalue weighted by Gasteiger charge is -2.36. The van der Waals surface area contributed by atoms with Crippen molar-refractivity contribution in [1.29, 1.82) is 0 Å². The van der Waals surface area contributed by atoms with Gasteiger partial charge in [0.1, 0.15) is 0 Å². The Hall–Kier alpha value is -0.120. The number of nitrogens with zero attached hydrogens (tertiary/aromatic N) is 1. The van der Waals surface area contributed by atoms with Gasteiger partial charge in [-0.3, -0.25) is 0 Å². The lowest BCUT2D eigenvalue weighted by Crippen LogP contribution is -2.44. The summed E-state index contributed by atoms with van der Waals surface area (Å²) in [5.74, 6) is 0.733. The minimum absolute atomic E-state index is 0.400. The lowest BCUT2D eigenvalue weighted by atomic mass is 9.92. The third-order valence-electron chi connectivity index (χ3n) is 3.79. The van der Waals surface area contributed by atoms with Crippen molar-refractivity contribution < 1.29 is 4.74 Å². The summed E-state index contributed by atoms with van der Waals surface area (Å²) >= 11 is 0. The van der Waals surface area contributed by atoms with Crippen molar-refractivity contribution >= 4 is 0 Å². The van der Waals surface area contributed by atoms with Crippen LogP contribution in [0.5, 0.6) is 0 Å². The highest BCUT2D eigenvalue weighted by atomic mass is 16.5. The monoisotopic (exact) mass is 212 g/mol. The van der Waals surface area contributed by atoms with E-state index in [-0.39, 0.29) is 0 Å². The first-order chi connectivity index (χ1) is 7.35. The van der Waals surface area contributed by atoms with E-state index in [2.05, 4.69) is 10.2 Å². The van der Waals surface area contributed by atoms with Gasteiger partial charge in [0.25, 0.3) is 0 Å². The summed E-state index contributed by atoms with van der Waals surface area (Å²) in [5.41, 5.74) is 0. The smallest absolute Gasteiger partial charge is 0.0735 e. The van der Waals surface area contributed by atoms with Gasteiger partial charge in [-0.25, -0.2) is 0 Å². The molecule has 2 rings (SSSR count). The molecule has 15 heavy (non-hydrogen) atoms. The molecular formula is C12H24N2O. The van der Waals surface area contributed by atoms with E-state index in [1.165, 1.54) is 38.8 Å². The number of nitrogens with one attached hydrogen (secondary N) is 1. The average Bonchev–Trinajstić information content (AvgIpc) is 3.10. The van der Waals surface area contributed by atoms with Gasteiger partial charge >= 0.3 is 0 Å². The molecule has 0 aromatic carbocycles. The van der Waals surface area contributed by atoms with Gasteiger partial charge in [-0.15, -0.1) is 0 Å². The first-order valence-electron chi connectivity index (χ1n) is 6.26. The van der Waals surface area contributed by atoms with Gasteiger partial charge in [0.05, 0.1) is 6.10 Å². The Morgan fingerprint density at radius 2 is 2.20 bits per heavy atom. The van der Waals surface area contributed by atoms with Gasteiger partial charge in [-0.1, -0.05) is 0 Å². The first kappa shape index (κ1) is 11.4. The highest BCUT2D eigenvalue weighted by Gasteiger charge is 2.34. The fraction of sp³-hybridized carbons (Fsp3) is 1.00. The molecule has 1 N–H and O–H groups in total. The average molecular weight is 212 g/mol. The van der Waals surface area contributed by atoms with E-state index in [0.717, 1.165) is 18.5 Å². The number of piperidine rings is 1. The largest absolute Gasteiger partial charge is 0.380 e. The molecule has 2 aliphatic rings. The summed E-state index contributed by atoms with van der Waals surface area (Å²) < 4.78 is 5.59. The molecule has 1 saturated carbocycles. The molecule has 88 valence electrons. The van der Waals surface area contributed by atoms with Crippen molar-refractivity contribution in [2.24, 2.45) is 5.92 Å².